The molecule has 14 heavy (non-hydrogen) atoms. The average molecular weight is 197 g/mol. The van der Waals surface area contributed by atoms with Crippen LogP contribution in [0, 0.1) is 5.53 Å². The average Bonchev–Trinajstić information content (AvgIpc) is 2.48. The molecule has 7 heteroatoms. The maximum atomic E-state index is 10.9. The van der Waals surface area contributed by atoms with Gasteiger partial charge in [0.15, 0.2) is 0 Å². The number of nitrogens with one attached hydrogen (secondary N) is 1. The van der Waals surface area contributed by atoms with E-state index in [1.54, 1.807) is 0 Å². The highest BCUT2D eigenvalue weighted by Gasteiger charge is 2.22. The summed E-state index contributed by atoms with van der Waals surface area (Å²) in [6, 6.07) is 0. The van der Waals surface area contributed by atoms with Crippen molar-refractivity contribution in [1.82, 2.24) is 4.90 Å². The van der Waals surface area contributed by atoms with Crippen molar-refractivity contribution in [2.75, 3.05) is 13.2 Å². The number of ether oxygens (including phenoxy) is 1. The van der Waals surface area contributed by atoms with Crippen LogP contribution in [0.2, 0.25) is 0 Å². The Bertz CT molecular complexity index is 305. The van der Waals surface area contributed by atoms with Gasteiger partial charge in [-0.3, -0.25) is 14.5 Å². The number of rotatable bonds is 3. The highest BCUT2D eigenvalue weighted by atomic mass is 16.5. The van der Waals surface area contributed by atoms with Gasteiger partial charge in [-0.25, -0.2) is 4.79 Å². The molecule has 0 atom stereocenters. The quantitative estimate of drug-likeness (QED) is 0.511. The summed E-state index contributed by atoms with van der Waals surface area (Å²) in [5.74, 6) is -0.872. The lowest BCUT2D eigenvalue weighted by molar-refractivity contribution is -0.137. The first-order chi connectivity index (χ1) is 6.65. The Morgan fingerprint density at radius 2 is 2.00 bits per heavy atom. The molecule has 0 aromatic rings. The topological polar surface area (TPSA) is 99.9 Å². The highest BCUT2D eigenvalue weighted by Crippen LogP contribution is 2.02. The molecule has 0 bridgehead atoms. The van der Waals surface area contributed by atoms with Crippen LogP contribution in [0.1, 0.15) is 0 Å². The summed E-state index contributed by atoms with van der Waals surface area (Å²) in [7, 11) is 0. The van der Waals surface area contributed by atoms with Gasteiger partial charge in [0.2, 0.25) is 0 Å². The van der Waals surface area contributed by atoms with Crippen LogP contribution in [0.5, 0.6) is 0 Å². The van der Waals surface area contributed by atoms with Crippen molar-refractivity contribution in [3.05, 3.63) is 12.2 Å². The van der Waals surface area contributed by atoms with E-state index in [9.17, 15) is 14.4 Å². The van der Waals surface area contributed by atoms with E-state index in [1.165, 1.54) is 0 Å². The zero-order valence-electron chi connectivity index (χ0n) is 7.10. The molecule has 1 rings (SSSR count). The fourth-order valence-electron chi connectivity index (χ4n) is 0.908. The number of nitrogens with zero attached hydrogens (tertiary/aromatic N) is 2. The van der Waals surface area contributed by atoms with E-state index in [-0.39, 0.29) is 13.2 Å². The largest absolute Gasteiger partial charge is 0.451 e. The van der Waals surface area contributed by atoms with Crippen molar-refractivity contribution < 1.29 is 19.1 Å². The zero-order valence-corrected chi connectivity index (χ0v) is 7.10. The number of hydrogen-bond acceptors (Lipinski definition) is 5. The molecule has 0 unspecified atom stereocenters. The minimum Gasteiger partial charge on any atom is -0.445 e. The van der Waals surface area contributed by atoms with E-state index < -0.39 is 17.9 Å². The molecule has 0 saturated heterocycles. The van der Waals surface area contributed by atoms with Crippen molar-refractivity contribution in [3.63, 3.8) is 0 Å². The first-order valence-electron chi connectivity index (χ1n) is 3.73. The number of imide groups is 1. The molecule has 1 N–H and O–H groups in total. The molecule has 1 heterocycles. The van der Waals surface area contributed by atoms with Crippen molar-refractivity contribution in [3.8, 4) is 0 Å². The third kappa shape index (κ3) is 2.22. The van der Waals surface area contributed by atoms with Gasteiger partial charge in [0.25, 0.3) is 11.8 Å². The van der Waals surface area contributed by atoms with Crippen LogP contribution in [0.4, 0.5) is 4.79 Å². The molecule has 1 aliphatic rings. The summed E-state index contributed by atoms with van der Waals surface area (Å²) < 4.78 is 4.38. The van der Waals surface area contributed by atoms with E-state index in [1.807, 2.05) is 0 Å². The molecule has 1 aliphatic heterocycles. The first-order valence-corrected chi connectivity index (χ1v) is 3.73. The summed E-state index contributed by atoms with van der Waals surface area (Å²) in [5, 5.41) is 2.48. The van der Waals surface area contributed by atoms with Gasteiger partial charge in [-0.05, 0) is 0 Å². The summed E-state index contributed by atoms with van der Waals surface area (Å²) in [4.78, 5) is 33.2. The van der Waals surface area contributed by atoms with Crippen molar-refractivity contribution >= 4 is 17.9 Å². The Morgan fingerprint density at radius 3 is 2.50 bits per heavy atom. The predicted octanol–water partition coefficient (Wildman–Crippen LogP) is 0.0790. The lowest BCUT2D eigenvalue weighted by Gasteiger charge is -2.12. The van der Waals surface area contributed by atoms with E-state index in [4.69, 9.17) is 5.53 Å². The van der Waals surface area contributed by atoms with Crippen LogP contribution in [-0.2, 0) is 14.3 Å². The van der Waals surface area contributed by atoms with Crippen molar-refractivity contribution in [2.45, 2.75) is 0 Å². The third-order valence-electron chi connectivity index (χ3n) is 1.53. The van der Waals surface area contributed by atoms with E-state index in [0.29, 0.717) is 0 Å². The SMILES string of the molecule is N=NC(=O)OCCN1C(=O)C=CC1=O. The molecule has 0 saturated carbocycles. The maximum Gasteiger partial charge on any atom is 0.451 e. The second kappa shape index (κ2) is 4.26. The molecule has 0 aromatic carbocycles. The molecule has 0 fully saturated rings. The summed E-state index contributed by atoms with van der Waals surface area (Å²) >= 11 is 0. The number of hydrogen-bond donors (Lipinski definition) is 1. The molecule has 0 aromatic heterocycles. The Labute approximate surface area is 78.8 Å². The minimum atomic E-state index is -1.04. The second-order valence-electron chi connectivity index (χ2n) is 2.39. The van der Waals surface area contributed by atoms with E-state index in [0.717, 1.165) is 17.1 Å². The van der Waals surface area contributed by atoms with Crippen LogP contribution >= 0.6 is 0 Å². The van der Waals surface area contributed by atoms with Gasteiger partial charge in [0, 0.05) is 12.2 Å². The number of amides is 3. The summed E-state index contributed by atoms with van der Waals surface area (Å²) in [6.07, 6.45) is 1.23. The highest BCUT2D eigenvalue weighted by molar-refractivity contribution is 6.12. The van der Waals surface area contributed by atoms with Gasteiger partial charge in [0.05, 0.1) is 6.54 Å². The van der Waals surface area contributed by atoms with Crippen LogP contribution in [0.3, 0.4) is 0 Å². The van der Waals surface area contributed by atoms with Crippen molar-refractivity contribution in [2.24, 2.45) is 5.11 Å². The van der Waals surface area contributed by atoms with E-state index in [2.05, 4.69) is 9.85 Å². The molecular formula is C7H7N3O4. The Hall–Kier alpha value is -2.05. The van der Waals surface area contributed by atoms with Crippen LogP contribution < -0.4 is 0 Å². The van der Waals surface area contributed by atoms with Crippen LogP contribution in [0.15, 0.2) is 17.3 Å². The van der Waals surface area contributed by atoms with Gasteiger partial charge in [-0.2, -0.15) is 5.53 Å². The van der Waals surface area contributed by atoms with Gasteiger partial charge < -0.3 is 4.74 Å². The lowest BCUT2D eigenvalue weighted by atomic mass is 10.5. The fraction of sp³-hybridized carbons (Fsp3) is 0.286. The third-order valence-corrected chi connectivity index (χ3v) is 1.53. The summed E-state index contributed by atoms with van der Waals surface area (Å²) in [5.41, 5.74) is 6.27. The molecule has 7 nitrogen and oxygen atoms in total. The number of carbonyl (C=O) groups is 3. The molecule has 0 spiro atoms. The molecular weight excluding hydrogens is 190 g/mol. The lowest BCUT2D eigenvalue weighted by Crippen LogP contribution is -2.33. The monoisotopic (exact) mass is 197 g/mol. The van der Waals surface area contributed by atoms with Crippen LogP contribution in [0.25, 0.3) is 0 Å². The van der Waals surface area contributed by atoms with Gasteiger partial charge in [-0.15, -0.1) is 0 Å². The zero-order chi connectivity index (χ0) is 10.6. The van der Waals surface area contributed by atoms with E-state index >= 15 is 0 Å². The number of carbonyl (C=O) groups excluding carboxylic acids is 3. The predicted molar refractivity (Wildman–Crippen MR) is 42.4 cm³/mol. The van der Waals surface area contributed by atoms with Crippen LogP contribution in [-0.4, -0.2) is 36.0 Å². The Kier molecular flexibility index (Phi) is 3.05. The fourth-order valence-corrected chi connectivity index (χ4v) is 0.908. The van der Waals surface area contributed by atoms with Gasteiger partial charge >= 0.3 is 6.09 Å². The Balaban J connectivity index is 2.32. The van der Waals surface area contributed by atoms with Gasteiger partial charge in [-0.1, -0.05) is 5.11 Å². The molecule has 3 amide bonds. The summed E-state index contributed by atoms with van der Waals surface area (Å²) in [6.45, 7) is -0.174. The van der Waals surface area contributed by atoms with Crippen molar-refractivity contribution in [1.29, 1.82) is 5.53 Å². The molecule has 0 aliphatic carbocycles. The Morgan fingerprint density at radius 1 is 1.43 bits per heavy atom. The molecule has 74 valence electrons. The normalized spacial score (nSPS) is 14.7. The molecule has 0 radical (unpaired) electrons. The minimum absolute atomic E-state index is 0.0219. The first kappa shape index (κ1) is 10.0. The van der Waals surface area contributed by atoms with Gasteiger partial charge in [0.1, 0.15) is 6.61 Å². The second-order valence-corrected chi connectivity index (χ2v) is 2.39. The standard InChI is InChI=1S/C7H7N3O4/c8-9-7(13)14-4-3-10-5(11)1-2-6(10)12/h1-2,8H,3-4H2. The maximum absolute atomic E-state index is 10.9. The smallest absolute Gasteiger partial charge is 0.445 e.